The van der Waals surface area contributed by atoms with Crippen LogP contribution in [0.2, 0.25) is 0 Å². The first-order valence-electron chi connectivity index (χ1n) is 6.37. The predicted octanol–water partition coefficient (Wildman–Crippen LogP) is 2.85. The van der Waals surface area contributed by atoms with Gasteiger partial charge in [0.05, 0.1) is 17.4 Å². The third-order valence-corrected chi connectivity index (χ3v) is 3.84. The molecule has 1 aromatic carbocycles. The lowest BCUT2D eigenvalue weighted by molar-refractivity contribution is -0.136. The third kappa shape index (κ3) is 1.61. The zero-order valence-electron chi connectivity index (χ0n) is 11.4. The molecule has 3 rings (SSSR count). The summed E-state index contributed by atoms with van der Waals surface area (Å²) < 4.78 is 10.7. The average Bonchev–Trinajstić information content (AvgIpc) is 2.37. The van der Waals surface area contributed by atoms with E-state index in [1.165, 1.54) is 0 Å². The van der Waals surface area contributed by atoms with Crippen LogP contribution in [0.25, 0.3) is 11.0 Å². The van der Waals surface area contributed by atoms with Gasteiger partial charge < -0.3 is 9.15 Å². The van der Waals surface area contributed by atoms with Gasteiger partial charge in [-0.05, 0) is 18.6 Å². The smallest absolute Gasteiger partial charge is 0.344 e. The molecule has 4 nitrogen and oxygen atoms in total. The van der Waals surface area contributed by atoms with E-state index in [0.717, 1.165) is 5.56 Å². The van der Waals surface area contributed by atoms with Crippen LogP contribution in [0.15, 0.2) is 40.1 Å². The Morgan fingerprint density at radius 1 is 1.35 bits per heavy atom. The van der Waals surface area contributed by atoms with E-state index in [0.29, 0.717) is 22.3 Å². The van der Waals surface area contributed by atoms with Crippen LogP contribution in [0.1, 0.15) is 24.5 Å². The number of benzene rings is 1. The van der Waals surface area contributed by atoms with Crippen LogP contribution in [0, 0.1) is 6.92 Å². The van der Waals surface area contributed by atoms with Crippen molar-refractivity contribution in [2.75, 3.05) is 0 Å². The molecule has 1 atom stereocenters. The second-order valence-corrected chi connectivity index (χ2v) is 5.31. The fraction of sp³-hybridized carbons (Fsp3) is 0.250. The number of carbonyl (C=O) groups excluding carboxylic acids is 1. The number of esters is 1. The average molecular weight is 270 g/mol. The van der Waals surface area contributed by atoms with Crippen molar-refractivity contribution < 1.29 is 13.9 Å². The second kappa shape index (κ2) is 4.07. The molecule has 102 valence electrons. The Kier molecular flexibility index (Phi) is 2.57. The number of carbonyl (C=O) groups is 1. The van der Waals surface area contributed by atoms with Gasteiger partial charge in [-0.2, -0.15) is 0 Å². The number of hydrogen-bond acceptors (Lipinski definition) is 4. The van der Waals surface area contributed by atoms with Crippen molar-refractivity contribution in [2.45, 2.75) is 25.7 Å². The van der Waals surface area contributed by atoms with Gasteiger partial charge in [0.15, 0.2) is 5.75 Å². The van der Waals surface area contributed by atoms with Crippen molar-refractivity contribution in [3.8, 4) is 5.75 Å². The molecular formula is C16H14O4. The lowest BCUT2D eigenvalue weighted by atomic mass is 9.78. The lowest BCUT2D eigenvalue weighted by Crippen LogP contribution is -2.36. The molecule has 0 saturated heterocycles. The molecule has 0 bridgehead atoms. The maximum Gasteiger partial charge on any atom is 0.344 e. The molecule has 0 spiro atoms. The van der Waals surface area contributed by atoms with E-state index < -0.39 is 11.0 Å². The lowest BCUT2D eigenvalue weighted by Gasteiger charge is -2.30. The van der Waals surface area contributed by atoms with Crippen LogP contribution in [0.5, 0.6) is 5.75 Å². The molecule has 0 N–H and O–H groups in total. The highest BCUT2D eigenvalue weighted by atomic mass is 16.5. The van der Waals surface area contributed by atoms with Crippen LogP contribution in [0.3, 0.4) is 0 Å². The Labute approximate surface area is 115 Å². The number of aryl methyl sites for hydroxylation is 1. The minimum Gasteiger partial charge on any atom is -0.425 e. The number of fused-ring (bicyclic) bond motifs is 3. The molecule has 4 heteroatoms. The third-order valence-electron chi connectivity index (χ3n) is 3.84. The minimum atomic E-state index is -0.762. The van der Waals surface area contributed by atoms with Gasteiger partial charge in [-0.1, -0.05) is 25.1 Å². The molecule has 0 saturated carbocycles. The monoisotopic (exact) mass is 270 g/mol. The molecule has 2 heterocycles. The van der Waals surface area contributed by atoms with E-state index >= 15 is 0 Å². The molecule has 1 aliphatic rings. The zero-order chi connectivity index (χ0) is 14.5. The summed E-state index contributed by atoms with van der Waals surface area (Å²) in [6.07, 6.45) is 1.69. The molecule has 1 aliphatic heterocycles. The summed E-state index contributed by atoms with van der Waals surface area (Å²) in [6.45, 7) is 7.42. The van der Waals surface area contributed by atoms with Crippen molar-refractivity contribution in [3.63, 3.8) is 0 Å². The Morgan fingerprint density at radius 2 is 2.10 bits per heavy atom. The highest BCUT2D eigenvalue weighted by Gasteiger charge is 2.40. The minimum absolute atomic E-state index is 0.0889. The van der Waals surface area contributed by atoms with E-state index in [1.54, 1.807) is 25.1 Å². The largest absolute Gasteiger partial charge is 0.425 e. The predicted molar refractivity (Wildman–Crippen MR) is 75.0 cm³/mol. The summed E-state index contributed by atoms with van der Waals surface area (Å²) in [5.74, 6) is -0.0527. The summed E-state index contributed by atoms with van der Waals surface area (Å²) in [5, 5.41) is 0.670. The van der Waals surface area contributed by atoms with E-state index in [9.17, 15) is 9.59 Å². The summed E-state index contributed by atoms with van der Waals surface area (Å²) in [5.41, 5.74) is 0.446. The van der Waals surface area contributed by atoms with Gasteiger partial charge in [-0.25, -0.2) is 4.79 Å². The van der Waals surface area contributed by atoms with Gasteiger partial charge in [0.1, 0.15) is 5.58 Å². The Balaban J connectivity index is 2.52. The first kappa shape index (κ1) is 12.7. The molecule has 2 aromatic rings. The normalized spacial score (nSPS) is 21.4. The summed E-state index contributed by atoms with van der Waals surface area (Å²) in [4.78, 5) is 24.1. The number of ether oxygens (including phenoxy) is 1. The van der Waals surface area contributed by atoms with E-state index in [2.05, 4.69) is 6.58 Å². The molecule has 0 unspecified atom stereocenters. The summed E-state index contributed by atoms with van der Waals surface area (Å²) in [6, 6.07) is 5.37. The maximum absolute atomic E-state index is 12.3. The fourth-order valence-corrected chi connectivity index (χ4v) is 2.69. The standard InChI is InChI=1S/C16H14O4/c1-4-16(3)8-11(17)20-14-12-9(2)6-5-7-10(12)19-15(18)13(14)16/h4-7H,1,8H2,2-3H3/t16-/m0/s1. The first-order valence-corrected chi connectivity index (χ1v) is 6.37. The molecular weight excluding hydrogens is 256 g/mol. The highest BCUT2D eigenvalue weighted by Crippen LogP contribution is 2.42. The van der Waals surface area contributed by atoms with Gasteiger partial charge >= 0.3 is 11.6 Å². The molecule has 0 fully saturated rings. The molecule has 0 radical (unpaired) electrons. The van der Waals surface area contributed by atoms with Crippen LogP contribution in [-0.2, 0) is 10.2 Å². The van der Waals surface area contributed by atoms with Crippen molar-refractivity contribution in [1.29, 1.82) is 0 Å². The van der Waals surface area contributed by atoms with Crippen molar-refractivity contribution in [2.24, 2.45) is 0 Å². The number of allylic oxidation sites excluding steroid dienone is 1. The second-order valence-electron chi connectivity index (χ2n) is 5.31. The Hall–Kier alpha value is -2.36. The Morgan fingerprint density at radius 3 is 2.80 bits per heavy atom. The first-order chi connectivity index (χ1) is 9.46. The fourth-order valence-electron chi connectivity index (χ4n) is 2.69. The topological polar surface area (TPSA) is 56.5 Å². The quantitative estimate of drug-likeness (QED) is 0.454. The van der Waals surface area contributed by atoms with Crippen molar-refractivity contribution in [1.82, 2.24) is 0 Å². The van der Waals surface area contributed by atoms with Crippen LogP contribution >= 0.6 is 0 Å². The van der Waals surface area contributed by atoms with Crippen LogP contribution < -0.4 is 10.4 Å². The van der Waals surface area contributed by atoms with Gasteiger partial charge in [-0.15, -0.1) is 6.58 Å². The summed E-state index contributed by atoms with van der Waals surface area (Å²) in [7, 11) is 0. The van der Waals surface area contributed by atoms with Crippen molar-refractivity contribution in [3.05, 3.63) is 52.4 Å². The number of hydrogen-bond donors (Lipinski definition) is 0. The molecule has 0 aliphatic carbocycles. The van der Waals surface area contributed by atoms with Gasteiger partial charge in [0.25, 0.3) is 0 Å². The zero-order valence-corrected chi connectivity index (χ0v) is 11.4. The van der Waals surface area contributed by atoms with Crippen LogP contribution in [-0.4, -0.2) is 5.97 Å². The van der Waals surface area contributed by atoms with Gasteiger partial charge in [0, 0.05) is 5.41 Å². The maximum atomic E-state index is 12.3. The van der Waals surface area contributed by atoms with Gasteiger partial charge in [0.2, 0.25) is 0 Å². The number of rotatable bonds is 1. The highest BCUT2D eigenvalue weighted by molar-refractivity contribution is 5.92. The molecule has 0 amide bonds. The van der Waals surface area contributed by atoms with Crippen molar-refractivity contribution >= 4 is 16.9 Å². The summed E-state index contributed by atoms with van der Waals surface area (Å²) >= 11 is 0. The Bertz CT molecular complexity index is 800. The van der Waals surface area contributed by atoms with Crippen LogP contribution in [0.4, 0.5) is 0 Å². The van der Waals surface area contributed by atoms with E-state index in [4.69, 9.17) is 9.15 Å². The van der Waals surface area contributed by atoms with Gasteiger partial charge in [-0.3, -0.25) is 4.79 Å². The molecule has 1 aromatic heterocycles. The van der Waals surface area contributed by atoms with E-state index in [1.807, 2.05) is 13.0 Å². The molecule has 20 heavy (non-hydrogen) atoms. The van der Waals surface area contributed by atoms with E-state index in [-0.39, 0.29) is 12.4 Å². The SMILES string of the molecule is C=C[C@@]1(C)CC(=O)Oc2c1c(=O)oc1cccc(C)c21.